The lowest BCUT2D eigenvalue weighted by molar-refractivity contribution is -0.120. The van der Waals surface area contributed by atoms with Gasteiger partial charge in [-0.3, -0.25) is 9.69 Å². The van der Waals surface area contributed by atoms with E-state index in [-0.39, 0.29) is 18.1 Å². The predicted molar refractivity (Wildman–Crippen MR) is 146 cm³/mol. The molecule has 0 radical (unpaired) electrons. The van der Waals surface area contributed by atoms with Crippen LogP contribution in [0.2, 0.25) is 0 Å². The van der Waals surface area contributed by atoms with Crippen molar-refractivity contribution in [2.24, 2.45) is 0 Å². The molecule has 0 fully saturated rings. The first-order chi connectivity index (χ1) is 18.0. The van der Waals surface area contributed by atoms with Crippen molar-refractivity contribution in [3.8, 4) is 5.75 Å². The van der Waals surface area contributed by atoms with Crippen LogP contribution in [-0.2, 0) is 17.9 Å². The van der Waals surface area contributed by atoms with E-state index in [4.69, 9.17) is 4.74 Å². The lowest BCUT2D eigenvalue weighted by Crippen LogP contribution is -2.37. The molecule has 1 heterocycles. The highest BCUT2D eigenvalue weighted by atomic mass is 16.5. The number of amides is 1. The summed E-state index contributed by atoms with van der Waals surface area (Å²) in [5.41, 5.74) is 4.29. The van der Waals surface area contributed by atoms with Gasteiger partial charge < -0.3 is 14.7 Å². The predicted octanol–water partition coefficient (Wildman–Crippen LogP) is 6.07. The Morgan fingerprint density at radius 1 is 0.865 bits per heavy atom. The van der Waals surface area contributed by atoms with Gasteiger partial charge in [-0.1, -0.05) is 67.3 Å². The molecule has 0 aliphatic carbocycles. The topological polar surface area (TPSA) is 70.1 Å². The van der Waals surface area contributed by atoms with E-state index in [0.29, 0.717) is 18.8 Å². The van der Waals surface area contributed by atoms with Crippen LogP contribution >= 0.6 is 0 Å². The van der Waals surface area contributed by atoms with Gasteiger partial charge in [0.2, 0.25) is 0 Å². The monoisotopic (exact) mass is 500 g/mol. The minimum atomic E-state index is -0.968. The zero-order valence-electron chi connectivity index (χ0n) is 21.6. The molecule has 3 aromatic carbocycles. The van der Waals surface area contributed by atoms with E-state index in [1.54, 1.807) is 23.1 Å². The molecule has 37 heavy (non-hydrogen) atoms. The highest BCUT2D eigenvalue weighted by molar-refractivity contribution is 5.96. The molecule has 194 valence electrons. The van der Waals surface area contributed by atoms with Crippen molar-refractivity contribution in [2.75, 3.05) is 24.6 Å². The summed E-state index contributed by atoms with van der Waals surface area (Å²) >= 11 is 0. The third kappa shape index (κ3) is 7.67. The summed E-state index contributed by atoms with van der Waals surface area (Å²) in [4.78, 5) is 29.4. The van der Waals surface area contributed by atoms with Crippen molar-refractivity contribution in [2.45, 2.75) is 52.1 Å². The van der Waals surface area contributed by atoms with Gasteiger partial charge in [0.05, 0.1) is 5.56 Å². The number of aromatic carboxylic acids is 1. The van der Waals surface area contributed by atoms with Crippen molar-refractivity contribution < 1.29 is 19.4 Å². The number of nitrogens with zero attached hydrogens (tertiary/aromatic N) is 2. The Labute approximate surface area is 219 Å². The quantitative estimate of drug-likeness (QED) is 0.445. The number of hydrogen-bond donors (Lipinski definition) is 1. The van der Waals surface area contributed by atoms with E-state index >= 15 is 0 Å². The molecular weight excluding hydrogens is 464 g/mol. The fourth-order valence-corrected chi connectivity index (χ4v) is 4.77. The lowest BCUT2D eigenvalue weighted by Gasteiger charge is -2.29. The van der Waals surface area contributed by atoms with Crippen LogP contribution in [0.3, 0.4) is 0 Å². The standard InChI is InChI=1S/C31H36N2O4/c1-24-12-14-25(15-13-24)21-32-18-8-3-2-4-9-19-33(30(34)23-37-28-10-6-5-7-11-28)29-17-16-26(31(35)36)20-27(29)22-32/h5-7,10-17,20H,2-4,8-9,18-19,21-23H2,1H3,(H,35,36). The maximum absolute atomic E-state index is 13.4. The van der Waals surface area contributed by atoms with Crippen LogP contribution in [0.15, 0.2) is 72.8 Å². The van der Waals surface area contributed by atoms with Crippen LogP contribution in [0.1, 0.15) is 59.2 Å². The third-order valence-electron chi connectivity index (χ3n) is 6.80. The molecule has 1 aliphatic heterocycles. The minimum absolute atomic E-state index is 0.0722. The first-order valence-corrected chi connectivity index (χ1v) is 13.1. The number of para-hydroxylation sites is 1. The fraction of sp³-hybridized carbons (Fsp3) is 0.355. The summed E-state index contributed by atoms with van der Waals surface area (Å²) in [7, 11) is 0. The van der Waals surface area contributed by atoms with Crippen molar-refractivity contribution in [3.63, 3.8) is 0 Å². The highest BCUT2D eigenvalue weighted by Gasteiger charge is 2.22. The number of hydrogen-bond acceptors (Lipinski definition) is 4. The maximum atomic E-state index is 13.4. The Hall–Kier alpha value is -3.64. The van der Waals surface area contributed by atoms with E-state index < -0.39 is 5.97 Å². The van der Waals surface area contributed by atoms with E-state index in [1.807, 2.05) is 30.3 Å². The number of aryl methyl sites for hydroxylation is 1. The number of ether oxygens (including phenoxy) is 1. The van der Waals surface area contributed by atoms with Gasteiger partial charge in [0.15, 0.2) is 6.61 Å². The molecule has 0 bridgehead atoms. The number of benzene rings is 3. The molecule has 0 atom stereocenters. The van der Waals surface area contributed by atoms with Gasteiger partial charge in [0.25, 0.3) is 5.91 Å². The van der Waals surface area contributed by atoms with Crippen molar-refractivity contribution >= 4 is 17.6 Å². The summed E-state index contributed by atoms with van der Waals surface area (Å²) in [6.07, 6.45) is 5.30. The van der Waals surface area contributed by atoms with Gasteiger partial charge >= 0.3 is 5.97 Å². The number of carbonyl (C=O) groups is 2. The zero-order chi connectivity index (χ0) is 26.0. The zero-order valence-corrected chi connectivity index (χ0v) is 21.6. The van der Waals surface area contributed by atoms with Gasteiger partial charge in [-0.05, 0) is 67.8 Å². The van der Waals surface area contributed by atoms with Gasteiger partial charge in [0, 0.05) is 25.3 Å². The molecule has 1 N–H and O–H groups in total. The molecule has 0 saturated carbocycles. The third-order valence-corrected chi connectivity index (χ3v) is 6.80. The second-order valence-electron chi connectivity index (χ2n) is 9.76. The highest BCUT2D eigenvalue weighted by Crippen LogP contribution is 2.27. The van der Waals surface area contributed by atoms with E-state index in [2.05, 4.69) is 36.1 Å². The average Bonchev–Trinajstić information content (AvgIpc) is 2.90. The number of anilines is 1. The maximum Gasteiger partial charge on any atom is 0.335 e. The molecular formula is C31H36N2O4. The molecule has 3 aromatic rings. The summed E-state index contributed by atoms with van der Waals surface area (Å²) < 4.78 is 5.78. The van der Waals surface area contributed by atoms with Gasteiger partial charge in [0.1, 0.15) is 5.75 Å². The first kappa shape index (κ1) is 26.4. The van der Waals surface area contributed by atoms with Crippen molar-refractivity contribution in [3.05, 3.63) is 95.1 Å². The summed E-state index contributed by atoms with van der Waals surface area (Å²) in [5, 5.41) is 9.69. The second-order valence-corrected chi connectivity index (χ2v) is 9.76. The Balaban J connectivity index is 1.63. The number of fused-ring (bicyclic) bond motifs is 1. The second kappa shape index (κ2) is 13.1. The van der Waals surface area contributed by atoms with Crippen LogP contribution in [-0.4, -0.2) is 41.6 Å². The molecule has 6 heteroatoms. The van der Waals surface area contributed by atoms with E-state index in [1.165, 1.54) is 11.1 Å². The molecule has 0 spiro atoms. The average molecular weight is 501 g/mol. The van der Waals surface area contributed by atoms with Gasteiger partial charge in [-0.15, -0.1) is 0 Å². The number of carboxylic acid groups (broad SMARTS) is 1. The van der Waals surface area contributed by atoms with Crippen LogP contribution in [0.5, 0.6) is 5.75 Å². The molecule has 1 amide bonds. The Bertz CT molecular complexity index is 1180. The minimum Gasteiger partial charge on any atom is -0.484 e. The molecule has 0 saturated heterocycles. The molecule has 0 aromatic heterocycles. The Morgan fingerprint density at radius 2 is 1.57 bits per heavy atom. The number of rotatable bonds is 6. The van der Waals surface area contributed by atoms with E-state index in [9.17, 15) is 14.7 Å². The molecule has 1 aliphatic rings. The summed E-state index contributed by atoms with van der Waals surface area (Å²) in [6, 6.07) is 23.0. The number of carboxylic acids is 1. The van der Waals surface area contributed by atoms with Crippen molar-refractivity contribution in [1.29, 1.82) is 0 Å². The Kier molecular flexibility index (Phi) is 9.33. The SMILES string of the molecule is Cc1ccc(CN2CCCCCCCN(C(=O)COc3ccccc3)c3ccc(C(=O)O)cc3C2)cc1. The Morgan fingerprint density at radius 3 is 2.30 bits per heavy atom. The molecule has 4 rings (SSSR count). The largest absolute Gasteiger partial charge is 0.484 e. The first-order valence-electron chi connectivity index (χ1n) is 13.1. The molecule has 0 unspecified atom stereocenters. The van der Waals surface area contributed by atoms with E-state index in [0.717, 1.165) is 56.4 Å². The normalized spacial score (nSPS) is 15.2. The number of carbonyl (C=O) groups excluding carboxylic acids is 1. The van der Waals surface area contributed by atoms with Crippen LogP contribution in [0.25, 0.3) is 0 Å². The van der Waals surface area contributed by atoms with Crippen molar-refractivity contribution in [1.82, 2.24) is 4.90 Å². The van der Waals surface area contributed by atoms with Crippen LogP contribution in [0.4, 0.5) is 5.69 Å². The van der Waals surface area contributed by atoms with Gasteiger partial charge in [-0.2, -0.15) is 0 Å². The summed E-state index contributed by atoms with van der Waals surface area (Å²) in [6.45, 7) is 4.83. The molecule has 6 nitrogen and oxygen atoms in total. The van der Waals surface area contributed by atoms with Crippen LogP contribution < -0.4 is 9.64 Å². The summed E-state index contributed by atoms with van der Waals surface area (Å²) in [5.74, 6) is -0.449. The smallest absolute Gasteiger partial charge is 0.335 e. The van der Waals surface area contributed by atoms with Gasteiger partial charge in [-0.25, -0.2) is 4.79 Å². The fourth-order valence-electron chi connectivity index (χ4n) is 4.77. The van der Waals surface area contributed by atoms with Crippen LogP contribution in [0, 0.1) is 6.92 Å². The lowest BCUT2D eigenvalue weighted by atomic mass is 10.0.